The van der Waals surface area contributed by atoms with Gasteiger partial charge in [-0.2, -0.15) is 0 Å². The molecule has 10 heteroatoms. The van der Waals surface area contributed by atoms with E-state index in [0.717, 1.165) is 34.8 Å². The molecule has 0 unspecified atom stereocenters. The van der Waals surface area contributed by atoms with Crippen LogP contribution < -0.4 is 0 Å². The maximum Gasteiger partial charge on any atom is 0.303 e. The van der Waals surface area contributed by atoms with E-state index in [1.807, 2.05) is 0 Å². The number of hydrogen-bond acceptors (Lipinski definition) is 10. The van der Waals surface area contributed by atoms with Crippen LogP contribution in [0.25, 0.3) is 0 Å². The minimum absolute atomic E-state index is 0.781. The molecule has 0 spiro atoms. The van der Waals surface area contributed by atoms with Gasteiger partial charge in [-0.3, -0.25) is 19.2 Å². The molecule has 0 saturated carbocycles. The highest BCUT2D eigenvalue weighted by molar-refractivity contribution is 5.68. The average molecular weight is 367 g/mol. The van der Waals surface area contributed by atoms with Crippen LogP contribution in [0.3, 0.4) is 0 Å². The van der Waals surface area contributed by atoms with Gasteiger partial charge in [-0.25, -0.2) is 0 Å². The van der Waals surface area contributed by atoms with Crippen molar-refractivity contribution in [1.29, 1.82) is 0 Å². The third-order valence-corrected chi connectivity index (χ3v) is 2.44. The van der Waals surface area contributed by atoms with E-state index >= 15 is 0 Å². The van der Waals surface area contributed by atoms with E-state index < -0.39 is 61.1 Å². The molecule has 0 N–H and O–H groups in total. The van der Waals surface area contributed by atoms with Gasteiger partial charge in [0.1, 0.15) is 12.7 Å². The van der Waals surface area contributed by atoms with Crippen molar-refractivity contribution in [2.75, 3.05) is 13.7 Å². The summed E-state index contributed by atoms with van der Waals surface area (Å²) >= 11 is 0. The largest absolute Gasteiger partial charge is 0.463 e. The summed E-state index contributed by atoms with van der Waals surface area (Å²) in [5.74, 6) is -4.91. The van der Waals surface area contributed by atoms with Crippen LogP contribution in [-0.4, -0.2) is 68.2 Å². The number of methoxy groups -OCH3 is 1. The van der Waals surface area contributed by atoms with Gasteiger partial charge in [-0.1, -0.05) is 0 Å². The molecule has 25 heavy (non-hydrogen) atoms. The van der Waals surface area contributed by atoms with Crippen molar-refractivity contribution in [2.24, 2.45) is 0 Å². The lowest BCUT2D eigenvalue weighted by Crippen LogP contribution is -2.62. The zero-order valence-corrected chi connectivity index (χ0v) is 14.2. The molecule has 0 aromatic carbocycles. The van der Waals surface area contributed by atoms with Gasteiger partial charge in [0.05, 0.1) is 6.85 Å². The van der Waals surface area contributed by atoms with Crippen LogP contribution >= 0.6 is 0 Å². The number of carbonyl (C=O) groups excluding carboxylic acids is 4. The van der Waals surface area contributed by atoms with Crippen molar-refractivity contribution < 1.29 is 54.5 Å². The molecule has 1 saturated heterocycles. The van der Waals surface area contributed by atoms with Gasteiger partial charge in [-0.05, 0) is 0 Å². The number of hydrogen-bond donors (Lipinski definition) is 0. The lowest BCUT2D eigenvalue weighted by molar-refractivity contribution is -0.302. The highest BCUT2D eigenvalue weighted by atomic mass is 16.7. The summed E-state index contributed by atoms with van der Waals surface area (Å²) in [6, 6.07) is 0. The molecule has 0 aromatic heterocycles. The van der Waals surface area contributed by atoms with Crippen LogP contribution in [0.2, 0.25) is 0 Å². The van der Waals surface area contributed by atoms with Gasteiger partial charge in [0.25, 0.3) is 0 Å². The Morgan fingerprint density at radius 3 is 1.80 bits per heavy atom. The molecule has 10 nitrogen and oxygen atoms in total. The molecule has 0 bridgehead atoms. The van der Waals surface area contributed by atoms with Crippen molar-refractivity contribution in [1.82, 2.24) is 0 Å². The van der Waals surface area contributed by atoms with E-state index in [2.05, 4.69) is 4.74 Å². The predicted octanol–water partition coefficient (Wildman–Crippen LogP) is -0.284. The number of carbonyl (C=O) groups is 4. The van der Waals surface area contributed by atoms with Gasteiger partial charge in [0.15, 0.2) is 24.5 Å². The zero-order chi connectivity index (χ0) is 23.7. The summed E-state index contributed by atoms with van der Waals surface area (Å²) in [6.45, 7) is -0.0310. The molecular weight excluding hydrogens is 340 g/mol. The van der Waals surface area contributed by atoms with Gasteiger partial charge in [0.2, 0.25) is 0 Å². The van der Waals surface area contributed by atoms with Crippen molar-refractivity contribution in [3.8, 4) is 0 Å². The summed E-state index contributed by atoms with van der Waals surface area (Å²) in [5.41, 5.74) is 0. The Labute approximate surface area is 151 Å². The first kappa shape index (κ1) is 14.0. The van der Waals surface area contributed by atoms with Gasteiger partial charge < -0.3 is 28.4 Å². The molecule has 0 radical (unpaired) electrons. The first-order valence-corrected chi connectivity index (χ1v) is 6.93. The minimum Gasteiger partial charge on any atom is -0.463 e. The summed E-state index contributed by atoms with van der Waals surface area (Å²) in [7, 11) is 0.923. The third-order valence-electron chi connectivity index (χ3n) is 2.44. The Balaban J connectivity index is 3.89. The fraction of sp³-hybridized carbons (Fsp3) is 0.733. The van der Waals surface area contributed by atoms with E-state index in [1.165, 1.54) is 0 Å². The molecule has 0 amide bonds. The first-order valence-electron chi connectivity index (χ1n) is 9.43. The third kappa shape index (κ3) is 6.31. The van der Waals surface area contributed by atoms with Crippen LogP contribution in [0, 0.1) is 0 Å². The molecule has 1 rings (SSSR count). The van der Waals surface area contributed by atoms with E-state index in [0.29, 0.717) is 0 Å². The van der Waals surface area contributed by atoms with Crippen LogP contribution in [-0.2, 0) is 47.6 Å². The fourth-order valence-electron chi connectivity index (χ4n) is 1.72. The highest BCUT2D eigenvalue weighted by Crippen LogP contribution is 2.29. The monoisotopic (exact) mass is 367 g/mol. The predicted molar refractivity (Wildman–Crippen MR) is 79.0 cm³/mol. The molecule has 0 aliphatic carbocycles. The molecular formula is C15H22O10. The van der Waals surface area contributed by atoms with Crippen LogP contribution in [0.1, 0.15) is 34.5 Å². The molecule has 1 heterocycles. The quantitative estimate of drug-likeness (QED) is 0.457. The normalized spacial score (nSPS) is 40.9. The second kappa shape index (κ2) is 9.33. The fourth-order valence-corrected chi connectivity index (χ4v) is 1.72. The molecule has 0 aromatic rings. The number of rotatable bonds is 6. The number of ether oxygens (including phenoxy) is 6. The Kier molecular flexibility index (Phi) is 5.23. The smallest absolute Gasteiger partial charge is 0.303 e. The van der Waals surface area contributed by atoms with E-state index in [4.69, 9.17) is 30.5 Å². The Bertz CT molecular complexity index is 733. The SMILES string of the molecule is [2H]C([2H])(OC(C)=O)[C@H]1O[C@H](OC)[C@]([2H])(OC(C)=O)[C@@]([2H])(OC(C)=O)[C@]1([2H])OC(C)=O. The van der Waals surface area contributed by atoms with Crippen molar-refractivity contribution >= 4 is 23.9 Å². The molecule has 1 fully saturated rings. The second-order valence-electron chi connectivity index (χ2n) is 4.63. The van der Waals surface area contributed by atoms with Gasteiger partial charge in [0, 0.05) is 34.8 Å². The Morgan fingerprint density at radius 2 is 1.36 bits per heavy atom. The Morgan fingerprint density at radius 1 is 0.880 bits per heavy atom. The molecule has 142 valence electrons. The highest BCUT2D eigenvalue weighted by Gasteiger charge is 2.52. The van der Waals surface area contributed by atoms with Crippen LogP contribution in [0.5, 0.6) is 0 Å². The van der Waals surface area contributed by atoms with Crippen molar-refractivity contribution in [3.05, 3.63) is 0 Å². The molecule has 1 aliphatic rings. The summed E-state index contributed by atoms with van der Waals surface area (Å²) in [6.07, 6.45) is -14.7. The second-order valence-corrected chi connectivity index (χ2v) is 4.63. The van der Waals surface area contributed by atoms with E-state index in [1.54, 1.807) is 0 Å². The van der Waals surface area contributed by atoms with Gasteiger partial charge >= 0.3 is 23.9 Å². The lowest BCUT2D eigenvalue weighted by atomic mass is 9.98. The van der Waals surface area contributed by atoms with E-state index in [9.17, 15) is 19.2 Å². The average Bonchev–Trinajstić information content (AvgIpc) is 2.50. The van der Waals surface area contributed by atoms with Crippen molar-refractivity contribution in [2.45, 2.75) is 58.3 Å². The van der Waals surface area contributed by atoms with Crippen molar-refractivity contribution in [3.63, 3.8) is 0 Å². The maximum atomic E-state index is 11.7. The summed E-state index contributed by atoms with van der Waals surface area (Å²) < 4.78 is 70.6. The molecule has 1 aliphatic heterocycles. The minimum atomic E-state index is -3.47. The first-order chi connectivity index (χ1) is 13.5. The lowest BCUT2D eigenvalue weighted by Gasteiger charge is -2.43. The summed E-state index contributed by atoms with van der Waals surface area (Å²) in [4.78, 5) is 46.4. The summed E-state index contributed by atoms with van der Waals surface area (Å²) in [5, 5.41) is 0. The van der Waals surface area contributed by atoms with Crippen LogP contribution in [0.15, 0.2) is 0 Å². The van der Waals surface area contributed by atoms with Crippen LogP contribution in [0.4, 0.5) is 0 Å². The topological polar surface area (TPSA) is 124 Å². The Hall–Kier alpha value is -2.20. The van der Waals surface area contributed by atoms with E-state index in [-0.39, 0.29) is 0 Å². The molecule has 5 atom stereocenters. The zero-order valence-electron chi connectivity index (χ0n) is 19.2. The maximum absolute atomic E-state index is 11.7. The van der Waals surface area contributed by atoms with Gasteiger partial charge in [-0.15, -0.1) is 0 Å². The number of esters is 4. The standard InChI is InChI=1S/C15H22O10/c1-7(16)21-6-11-12(22-8(2)17)13(23-9(3)18)14(24-10(4)19)15(20-5)25-11/h11-15H,6H2,1-5H3/t11-,12-,13+,14-,15+/m1/s1/i6D2,12D,13D,14D.